The van der Waals surface area contributed by atoms with Crippen molar-refractivity contribution in [2.24, 2.45) is 0 Å². The normalized spacial score (nSPS) is 10.1. The number of carbonyl (C=O) groups is 1. The van der Waals surface area contributed by atoms with Crippen LogP contribution < -0.4 is 10.6 Å². The SMILES string of the molecule is N#Cc1ccc(NC(=O)CNc2ccccc2-n2cccn2)cc1Cl. The van der Waals surface area contributed by atoms with Gasteiger partial charge in [-0.15, -0.1) is 0 Å². The van der Waals surface area contributed by atoms with Gasteiger partial charge in [-0.3, -0.25) is 4.79 Å². The maximum atomic E-state index is 12.1. The molecule has 6 nitrogen and oxygen atoms in total. The Labute approximate surface area is 149 Å². The van der Waals surface area contributed by atoms with Gasteiger partial charge >= 0.3 is 0 Å². The zero-order chi connectivity index (χ0) is 17.6. The molecule has 1 aromatic heterocycles. The van der Waals surface area contributed by atoms with Crippen LogP contribution in [0.15, 0.2) is 60.9 Å². The fraction of sp³-hybridized carbons (Fsp3) is 0.0556. The third-order valence-electron chi connectivity index (χ3n) is 3.47. The summed E-state index contributed by atoms with van der Waals surface area (Å²) in [7, 11) is 0. The molecule has 124 valence electrons. The molecule has 0 fully saturated rings. The molecule has 0 radical (unpaired) electrons. The summed E-state index contributed by atoms with van der Waals surface area (Å²) in [6, 6.07) is 16.1. The first-order valence-electron chi connectivity index (χ1n) is 7.50. The van der Waals surface area contributed by atoms with E-state index in [9.17, 15) is 4.79 Å². The van der Waals surface area contributed by atoms with E-state index in [1.807, 2.05) is 42.6 Å². The van der Waals surface area contributed by atoms with E-state index in [4.69, 9.17) is 16.9 Å². The minimum Gasteiger partial charge on any atom is -0.374 e. The van der Waals surface area contributed by atoms with Gasteiger partial charge in [0, 0.05) is 18.1 Å². The third-order valence-corrected chi connectivity index (χ3v) is 3.78. The average molecular weight is 352 g/mol. The Bertz CT molecular complexity index is 931. The molecular weight excluding hydrogens is 338 g/mol. The van der Waals surface area contributed by atoms with Crippen LogP contribution in [0.5, 0.6) is 0 Å². The lowest BCUT2D eigenvalue weighted by Crippen LogP contribution is -2.22. The molecule has 0 spiro atoms. The van der Waals surface area contributed by atoms with Crippen molar-refractivity contribution in [3.63, 3.8) is 0 Å². The Morgan fingerprint density at radius 1 is 1.24 bits per heavy atom. The Morgan fingerprint density at radius 2 is 2.08 bits per heavy atom. The fourth-order valence-corrected chi connectivity index (χ4v) is 2.52. The molecule has 3 aromatic rings. The van der Waals surface area contributed by atoms with Gasteiger partial charge < -0.3 is 10.6 Å². The van der Waals surface area contributed by atoms with Crippen molar-refractivity contribution in [1.29, 1.82) is 5.26 Å². The summed E-state index contributed by atoms with van der Waals surface area (Å²) in [6.45, 7) is 0.0793. The van der Waals surface area contributed by atoms with E-state index >= 15 is 0 Å². The molecule has 1 amide bonds. The summed E-state index contributed by atoms with van der Waals surface area (Å²) in [6.07, 6.45) is 3.53. The molecule has 0 aliphatic rings. The Hall–Kier alpha value is -3.30. The lowest BCUT2D eigenvalue weighted by Gasteiger charge is -2.12. The van der Waals surface area contributed by atoms with Gasteiger partial charge in [0.2, 0.25) is 5.91 Å². The van der Waals surface area contributed by atoms with Crippen molar-refractivity contribution in [3.8, 4) is 11.8 Å². The standard InChI is InChI=1S/C18H14ClN5O/c19-15-10-14(7-6-13(15)11-20)23-18(25)12-21-16-4-1-2-5-17(16)24-9-3-8-22-24/h1-10,21H,12H2,(H,23,25). The van der Waals surface area contributed by atoms with Crippen LogP contribution in [0.25, 0.3) is 5.69 Å². The number of para-hydroxylation sites is 2. The number of halogens is 1. The summed E-state index contributed by atoms with van der Waals surface area (Å²) in [4.78, 5) is 12.1. The highest BCUT2D eigenvalue weighted by atomic mass is 35.5. The molecule has 0 aliphatic carbocycles. The molecule has 0 saturated heterocycles. The number of rotatable bonds is 5. The molecule has 3 rings (SSSR count). The van der Waals surface area contributed by atoms with Crippen LogP contribution in [0.1, 0.15) is 5.56 Å². The van der Waals surface area contributed by atoms with E-state index in [2.05, 4.69) is 15.7 Å². The topological polar surface area (TPSA) is 82.7 Å². The van der Waals surface area contributed by atoms with Gasteiger partial charge in [0.05, 0.1) is 28.5 Å². The van der Waals surface area contributed by atoms with E-state index < -0.39 is 0 Å². The number of benzene rings is 2. The average Bonchev–Trinajstić information content (AvgIpc) is 3.15. The van der Waals surface area contributed by atoms with Gasteiger partial charge in [0.1, 0.15) is 6.07 Å². The van der Waals surface area contributed by atoms with E-state index in [1.165, 1.54) is 0 Å². The van der Waals surface area contributed by atoms with Crippen molar-refractivity contribution >= 4 is 28.9 Å². The summed E-state index contributed by atoms with van der Waals surface area (Å²) in [5.41, 5.74) is 2.54. The van der Waals surface area contributed by atoms with Crippen LogP contribution in [-0.4, -0.2) is 22.2 Å². The Balaban J connectivity index is 1.66. The first kappa shape index (κ1) is 16.6. The first-order valence-corrected chi connectivity index (χ1v) is 7.87. The lowest BCUT2D eigenvalue weighted by molar-refractivity contribution is -0.114. The van der Waals surface area contributed by atoms with Crippen LogP contribution in [0.3, 0.4) is 0 Å². The minimum atomic E-state index is -0.226. The molecule has 0 unspecified atom stereocenters. The van der Waals surface area contributed by atoms with Crippen molar-refractivity contribution in [2.45, 2.75) is 0 Å². The van der Waals surface area contributed by atoms with E-state index in [-0.39, 0.29) is 12.5 Å². The number of anilines is 2. The monoisotopic (exact) mass is 351 g/mol. The number of hydrogen-bond acceptors (Lipinski definition) is 4. The number of nitriles is 1. The Morgan fingerprint density at radius 3 is 2.80 bits per heavy atom. The van der Waals surface area contributed by atoms with Crippen molar-refractivity contribution in [2.75, 3.05) is 17.2 Å². The molecule has 0 atom stereocenters. The smallest absolute Gasteiger partial charge is 0.243 e. The largest absolute Gasteiger partial charge is 0.374 e. The van der Waals surface area contributed by atoms with Gasteiger partial charge in [0.15, 0.2) is 0 Å². The quantitative estimate of drug-likeness (QED) is 0.737. The highest BCUT2D eigenvalue weighted by molar-refractivity contribution is 6.32. The van der Waals surface area contributed by atoms with Gasteiger partial charge in [-0.2, -0.15) is 10.4 Å². The van der Waals surface area contributed by atoms with E-state index in [0.717, 1.165) is 11.4 Å². The summed E-state index contributed by atoms with van der Waals surface area (Å²) in [5, 5.41) is 19.2. The van der Waals surface area contributed by atoms with Gasteiger partial charge in [-0.25, -0.2) is 4.68 Å². The van der Waals surface area contributed by atoms with Crippen LogP contribution in [0.2, 0.25) is 5.02 Å². The predicted molar refractivity (Wildman–Crippen MR) is 96.9 cm³/mol. The van der Waals surface area contributed by atoms with Gasteiger partial charge in [-0.1, -0.05) is 23.7 Å². The number of carbonyl (C=O) groups excluding carboxylic acids is 1. The second-order valence-electron chi connectivity index (χ2n) is 5.18. The molecular formula is C18H14ClN5O. The zero-order valence-corrected chi connectivity index (χ0v) is 13.9. The first-order chi connectivity index (χ1) is 12.2. The van der Waals surface area contributed by atoms with Crippen LogP contribution in [0.4, 0.5) is 11.4 Å². The van der Waals surface area contributed by atoms with Gasteiger partial charge in [-0.05, 0) is 36.4 Å². The van der Waals surface area contributed by atoms with Crippen LogP contribution in [0, 0.1) is 11.3 Å². The van der Waals surface area contributed by atoms with Crippen molar-refractivity contribution in [3.05, 3.63) is 71.5 Å². The van der Waals surface area contributed by atoms with Crippen molar-refractivity contribution in [1.82, 2.24) is 9.78 Å². The van der Waals surface area contributed by atoms with Gasteiger partial charge in [0.25, 0.3) is 0 Å². The number of aromatic nitrogens is 2. The van der Waals surface area contributed by atoms with Crippen molar-refractivity contribution < 1.29 is 4.79 Å². The van der Waals surface area contributed by atoms with E-state index in [1.54, 1.807) is 29.1 Å². The van der Waals surface area contributed by atoms with E-state index in [0.29, 0.717) is 16.3 Å². The lowest BCUT2D eigenvalue weighted by atomic mass is 10.2. The van der Waals surface area contributed by atoms with Crippen LogP contribution in [-0.2, 0) is 4.79 Å². The molecule has 2 N–H and O–H groups in total. The molecule has 2 aromatic carbocycles. The number of amides is 1. The minimum absolute atomic E-state index is 0.0793. The second-order valence-corrected chi connectivity index (χ2v) is 5.58. The van der Waals surface area contributed by atoms with Crippen LogP contribution >= 0.6 is 11.6 Å². The fourth-order valence-electron chi connectivity index (χ4n) is 2.30. The molecule has 0 saturated carbocycles. The summed E-state index contributed by atoms with van der Waals surface area (Å²) >= 11 is 5.96. The summed E-state index contributed by atoms with van der Waals surface area (Å²) in [5.74, 6) is -0.226. The zero-order valence-electron chi connectivity index (χ0n) is 13.1. The molecule has 0 bridgehead atoms. The number of nitrogens with one attached hydrogen (secondary N) is 2. The highest BCUT2D eigenvalue weighted by Gasteiger charge is 2.08. The molecule has 7 heteroatoms. The highest BCUT2D eigenvalue weighted by Crippen LogP contribution is 2.21. The predicted octanol–water partition coefficient (Wildman–Crippen LogP) is 3.45. The molecule has 1 heterocycles. The third kappa shape index (κ3) is 3.97. The summed E-state index contributed by atoms with van der Waals surface area (Å²) < 4.78 is 1.72. The molecule has 0 aliphatic heterocycles. The maximum absolute atomic E-state index is 12.1. The number of hydrogen-bond donors (Lipinski definition) is 2. The Kier molecular flexibility index (Phi) is 4.97. The molecule has 25 heavy (non-hydrogen) atoms. The number of nitrogens with zero attached hydrogens (tertiary/aromatic N) is 3. The second kappa shape index (κ2) is 7.51. The maximum Gasteiger partial charge on any atom is 0.243 e.